The van der Waals surface area contributed by atoms with Gasteiger partial charge in [-0.1, -0.05) is 18.2 Å². The molecule has 0 fully saturated rings. The first-order chi connectivity index (χ1) is 9.24. The molecule has 94 valence electrons. The number of hydrogen-bond donors (Lipinski definition) is 2. The van der Waals surface area contributed by atoms with Crippen LogP contribution in [0.15, 0.2) is 36.5 Å². The Morgan fingerprint density at radius 3 is 2.89 bits per heavy atom. The van der Waals surface area contributed by atoms with Gasteiger partial charge in [0.2, 0.25) is 5.95 Å². The Hall–Kier alpha value is -2.76. The number of rotatable bonds is 2. The number of carbonyl (C=O) groups is 1. The third-order valence-electron chi connectivity index (χ3n) is 2.72. The number of nitrogens with zero attached hydrogens (tertiary/aromatic N) is 3. The summed E-state index contributed by atoms with van der Waals surface area (Å²) in [6.45, 7) is 1.77. The van der Waals surface area contributed by atoms with E-state index in [1.54, 1.807) is 19.2 Å². The highest BCUT2D eigenvalue weighted by Gasteiger charge is 2.12. The first-order valence-corrected chi connectivity index (χ1v) is 5.78. The van der Waals surface area contributed by atoms with E-state index in [1.165, 1.54) is 0 Å². The summed E-state index contributed by atoms with van der Waals surface area (Å²) in [5.74, 6) is 0.663. The monoisotopic (exact) mass is 253 g/mol. The first-order valence-electron chi connectivity index (χ1n) is 5.78. The summed E-state index contributed by atoms with van der Waals surface area (Å²) in [6.07, 6.45) is 1.61. The number of amides is 1. The number of aryl methyl sites for hydroxylation is 1. The van der Waals surface area contributed by atoms with Gasteiger partial charge >= 0.3 is 0 Å². The van der Waals surface area contributed by atoms with E-state index in [2.05, 4.69) is 25.5 Å². The minimum Gasteiger partial charge on any atom is -0.289 e. The number of anilines is 1. The fourth-order valence-electron chi connectivity index (χ4n) is 1.86. The van der Waals surface area contributed by atoms with Crippen molar-refractivity contribution in [1.82, 2.24) is 20.2 Å². The van der Waals surface area contributed by atoms with Crippen molar-refractivity contribution in [2.75, 3.05) is 5.32 Å². The molecule has 0 aliphatic heterocycles. The molecule has 2 N–H and O–H groups in total. The third-order valence-corrected chi connectivity index (χ3v) is 2.72. The maximum atomic E-state index is 12.2. The van der Waals surface area contributed by atoms with Crippen LogP contribution in [0.1, 0.15) is 16.2 Å². The second-order valence-electron chi connectivity index (χ2n) is 4.07. The van der Waals surface area contributed by atoms with E-state index in [4.69, 9.17) is 0 Å². The van der Waals surface area contributed by atoms with Crippen molar-refractivity contribution in [1.29, 1.82) is 0 Å². The number of pyridine rings is 1. The molecule has 1 amide bonds. The van der Waals surface area contributed by atoms with Crippen LogP contribution in [0.4, 0.5) is 5.95 Å². The molecule has 6 nitrogen and oxygen atoms in total. The smallest absolute Gasteiger partial charge is 0.258 e. The Labute approximate surface area is 108 Å². The molecule has 0 aliphatic rings. The standard InChI is InChI=1S/C13H11N5O/c1-8-15-13(18-17-8)16-12(19)10-6-7-14-11-5-3-2-4-9(10)11/h2-7H,1H3,(H2,15,16,17,18,19). The van der Waals surface area contributed by atoms with Gasteiger partial charge in [-0.2, -0.15) is 4.98 Å². The number of H-pyrrole nitrogens is 1. The number of hydrogen-bond acceptors (Lipinski definition) is 4. The third kappa shape index (κ3) is 2.15. The van der Waals surface area contributed by atoms with Crippen LogP contribution in [0.25, 0.3) is 10.9 Å². The Balaban J connectivity index is 1.97. The summed E-state index contributed by atoms with van der Waals surface area (Å²) in [5.41, 5.74) is 1.33. The molecule has 0 spiro atoms. The van der Waals surface area contributed by atoms with Crippen LogP contribution in [0, 0.1) is 6.92 Å². The van der Waals surface area contributed by atoms with Crippen molar-refractivity contribution >= 4 is 22.8 Å². The van der Waals surface area contributed by atoms with Gasteiger partial charge in [0.1, 0.15) is 5.82 Å². The molecular formula is C13H11N5O. The fraction of sp³-hybridized carbons (Fsp3) is 0.0769. The number of carbonyl (C=O) groups excluding carboxylic acids is 1. The Morgan fingerprint density at radius 1 is 1.26 bits per heavy atom. The second-order valence-corrected chi connectivity index (χ2v) is 4.07. The van der Waals surface area contributed by atoms with E-state index in [1.807, 2.05) is 24.3 Å². The number of para-hydroxylation sites is 1. The molecule has 0 bridgehead atoms. The molecule has 0 aliphatic carbocycles. The maximum Gasteiger partial charge on any atom is 0.258 e. The Kier molecular flexibility index (Phi) is 2.68. The molecular weight excluding hydrogens is 242 g/mol. The van der Waals surface area contributed by atoms with Gasteiger partial charge in [0.25, 0.3) is 5.91 Å². The number of benzene rings is 1. The van der Waals surface area contributed by atoms with Gasteiger partial charge < -0.3 is 0 Å². The predicted octanol–water partition coefficient (Wildman–Crippen LogP) is 1.91. The van der Waals surface area contributed by atoms with E-state index < -0.39 is 0 Å². The Morgan fingerprint density at radius 2 is 2.11 bits per heavy atom. The van der Waals surface area contributed by atoms with Crippen molar-refractivity contribution in [3.05, 3.63) is 47.9 Å². The minimum atomic E-state index is -0.252. The van der Waals surface area contributed by atoms with Crippen LogP contribution in [0.5, 0.6) is 0 Å². The van der Waals surface area contributed by atoms with Crippen molar-refractivity contribution in [2.45, 2.75) is 6.92 Å². The van der Waals surface area contributed by atoms with Gasteiger partial charge in [-0.05, 0) is 19.1 Å². The summed E-state index contributed by atoms with van der Waals surface area (Å²) in [6, 6.07) is 9.16. The highest BCUT2D eigenvalue weighted by molar-refractivity contribution is 6.11. The lowest BCUT2D eigenvalue weighted by atomic mass is 10.1. The van der Waals surface area contributed by atoms with E-state index in [0.717, 1.165) is 10.9 Å². The number of aromatic amines is 1. The van der Waals surface area contributed by atoms with Gasteiger partial charge in [0.05, 0.1) is 11.1 Å². The van der Waals surface area contributed by atoms with Gasteiger partial charge in [-0.25, -0.2) is 0 Å². The van der Waals surface area contributed by atoms with E-state index >= 15 is 0 Å². The Bertz CT molecular complexity index is 744. The number of aromatic nitrogens is 4. The highest BCUT2D eigenvalue weighted by Crippen LogP contribution is 2.16. The summed E-state index contributed by atoms with van der Waals surface area (Å²) in [7, 11) is 0. The largest absolute Gasteiger partial charge is 0.289 e. The summed E-state index contributed by atoms with van der Waals surface area (Å²) < 4.78 is 0. The van der Waals surface area contributed by atoms with Crippen LogP contribution in [0.3, 0.4) is 0 Å². The van der Waals surface area contributed by atoms with Gasteiger partial charge in [-0.15, -0.1) is 5.10 Å². The normalized spacial score (nSPS) is 10.6. The maximum absolute atomic E-state index is 12.2. The van der Waals surface area contributed by atoms with E-state index in [0.29, 0.717) is 11.4 Å². The molecule has 2 heterocycles. The molecule has 0 atom stereocenters. The topological polar surface area (TPSA) is 83.6 Å². The van der Waals surface area contributed by atoms with Gasteiger partial charge in [0.15, 0.2) is 0 Å². The molecule has 3 aromatic rings. The quantitative estimate of drug-likeness (QED) is 0.730. The molecule has 0 unspecified atom stereocenters. The number of nitrogens with one attached hydrogen (secondary N) is 2. The van der Waals surface area contributed by atoms with Crippen LogP contribution < -0.4 is 5.32 Å². The van der Waals surface area contributed by atoms with Crippen LogP contribution in [-0.4, -0.2) is 26.1 Å². The van der Waals surface area contributed by atoms with Crippen molar-refractivity contribution in [3.63, 3.8) is 0 Å². The van der Waals surface area contributed by atoms with E-state index in [9.17, 15) is 4.79 Å². The van der Waals surface area contributed by atoms with Gasteiger partial charge in [0, 0.05) is 11.6 Å². The van der Waals surface area contributed by atoms with Crippen molar-refractivity contribution in [3.8, 4) is 0 Å². The SMILES string of the molecule is Cc1nc(NC(=O)c2ccnc3ccccc23)n[nH]1. The molecule has 0 saturated heterocycles. The zero-order chi connectivity index (χ0) is 13.2. The molecule has 0 saturated carbocycles. The zero-order valence-electron chi connectivity index (χ0n) is 10.2. The van der Waals surface area contributed by atoms with Crippen LogP contribution in [0.2, 0.25) is 0 Å². The molecule has 3 rings (SSSR count). The fourth-order valence-corrected chi connectivity index (χ4v) is 1.86. The lowest BCUT2D eigenvalue weighted by Gasteiger charge is -2.04. The van der Waals surface area contributed by atoms with Crippen molar-refractivity contribution < 1.29 is 4.79 Å². The summed E-state index contributed by atoms with van der Waals surface area (Å²) in [4.78, 5) is 20.5. The summed E-state index contributed by atoms with van der Waals surface area (Å²) >= 11 is 0. The lowest BCUT2D eigenvalue weighted by Crippen LogP contribution is -2.13. The molecule has 1 aromatic carbocycles. The second kappa shape index (κ2) is 4.49. The van der Waals surface area contributed by atoms with Crippen LogP contribution >= 0.6 is 0 Å². The molecule has 0 radical (unpaired) electrons. The molecule has 6 heteroatoms. The lowest BCUT2D eigenvalue weighted by molar-refractivity contribution is 0.102. The average Bonchev–Trinajstić information content (AvgIpc) is 2.83. The first kappa shape index (κ1) is 11.3. The average molecular weight is 253 g/mol. The summed E-state index contributed by atoms with van der Waals surface area (Å²) in [5, 5.41) is 10.0. The highest BCUT2D eigenvalue weighted by atomic mass is 16.1. The van der Waals surface area contributed by atoms with Gasteiger partial charge in [-0.3, -0.25) is 20.2 Å². The molecule has 2 aromatic heterocycles. The van der Waals surface area contributed by atoms with Crippen molar-refractivity contribution in [2.24, 2.45) is 0 Å². The molecule has 19 heavy (non-hydrogen) atoms. The number of fused-ring (bicyclic) bond motifs is 1. The predicted molar refractivity (Wildman–Crippen MR) is 70.8 cm³/mol. The van der Waals surface area contributed by atoms with Crippen LogP contribution in [-0.2, 0) is 0 Å². The minimum absolute atomic E-state index is 0.252. The zero-order valence-corrected chi connectivity index (χ0v) is 10.2. The van der Waals surface area contributed by atoms with E-state index in [-0.39, 0.29) is 11.9 Å².